The van der Waals surface area contributed by atoms with E-state index in [0.29, 0.717) is 11.7 Å². The second kappa shape index (κ2) is 5.76. The van der Waals surface area contributed by atoms with Gasteiger partial charge in [0.15, 0.2) is 5.78 Å². The minimum absolute atomic E-state index is 0.0300. The van der Waals surface area contributed by atoms with Crippen LogP contribution >= 0.6 is 0 Å². The van der Waals surface area contributed by atoms with E-state index in [0.717, 1.165) is 25.0 Å². The highest BCUT2D eigenvalue weighted by Crippen LogP contribution is 2.28. The fourth-order valence-corrected chi connectivity index (χ4v) is 2.82. The fourth-order valence-electron chi connectivity index (χ4n) is 2.82. The van der Waals surface area contributed by atoms with Crippen molar-refractivity contribution < 1.29 is 13.6 Å². The van der Waals surface area contributed by atoms with Gasteiger partial charge in [0.05, 0.1) is 23.7 Å². The summed E-state index contributed by atoms with van der Waals surface area (Å²) in [6.07, 6.45) is 6.55. The Morgan fingerprint density at radius 3 is 2.71 bits per heavy atom. The predicted octanol–water partition coefficient (Wildman–Crippen LogP) is 3.70. The van der Waals surface area contributed by atoms with Crippen LogP contribution in [0.3, 0.4) is 0 Å². The number of halogens is 2. The molecule has 3 nitrogen and oxygen atoms in total. The van der Waals surface area contributed by atoms with Crippen molar-refractivity contribution in [2.45, 2.75) is 38.1 Å². The number of hydrogen-bond acceptors (Lipinski definition) is 2. The van der Waals surface area contributed by atoms with E-state index in [2.05, 4.69) is 5.10 Å². The van der Waals surface area contributed by atoms with Gasteiger partial charge in [0, 0.05) is 12.3 Å². The Balaban J connectivity index is 1.72. The molecule has 0 amide bonds. The molecule has 0 N–H and O–H groups in total. The molecule has 1 aliphatic carbocycles. The summed E-state index contributed by atoms with van der Waals surface area (Å²) in [6.45, 7) is 0. The number of ketones is 1. The van der Waals surface area contributed by atoms with Crippen LogP contribution in [0.1, 0.15) is 47.8 Å². The van der Waals surface area contributed by atoms with Crippen LogP contribution in [0.15, 0.2) is 30.5 Å². The van der Waals surface area contributed by atoms with Crippen molar-refractivity contribution in [3.05, 3.63) is 53.4 Å². The van der Waals surface area contributed by atoms with E-state index >= 15 is 0 Å². The molecule has 1 aliphatic rings. The fraction of sp³-hybridized carbons (Fsp3) is 0.375. The van der Waals surface area contributed by atoms with E-state index in [1.54, 1.807) is 6.07 Å². The third kappa shape index (κ3) is 3.01. The zero-order valence-corrected chi connectivity index (χ0v) is 11.6. The molecule has 0 bridgehead atoms. The number of rotatable bonds is 4. The first-order valence-corrected chi connectivity index (χ1v) is 7.16. The molecular weight excluding hydrogens is 274 g/mol. The van der Waals surface area contributed by atoms with Gasteiger partial charge in [-0.25, -0.2) is 8.78 Å². The molecule has 3 rings (SSSR count). The molecule has 0 spiro atoms. The maximum absolute atomic E-state index is 13.6. The molecule has 2 aromatic rings. The van der Waals surface area contributed by atoms with Crippen molar-refractivity contribution in [3.8, 4) is 0 Å². The first-order valence-electron chi connectivity index (χ1n) is 7.16. The van der Waals surface area contributed by atoms with Gasteiger partial charge in [-0.2, -0.15) is 5.10 Å². The van der Waals surface area contributed by atoms with E-state index in [9.17, 15) is 13.6 Å². The number of Topliss-reactive ketones (excluding diaryl/α,β-unsaturated/α-hetero) is 1. The van der Waals surface area contributed by atoms with Gasteiger partial charge in [-0.15, -0.1) is 0 Å². The van der Waals surface area contributed by atoms with Gasteiger partial charge in [0.2, 0.25) is 0 Å². The Morgan fingerprint density at radius 2 is 2.00 bits per heavy atom. The lowest BCUT2D eigenvalue weighted by Gasteiger charge is -2.08. The highest BCUT2D eigenvalue weighted by molar-refractivity contribution is 5.97. The molecule has 0 radical (unpaired) electrons. The number of carbonyl (C=O) groups is 1. The number of benzene rings is 1. The predicted molar refractivity (Wildman–Crippen MR) is 74.1 cm³/mol. The summed E-state index contributed by atoms with van der Waals surface area (Å²) < 4.78 is 28.3. The molecule has 1 fully saturated rings. The van der Waals surface area contributed by atoms with E-state index in [4.69, 9.17) is 0 Å². The maximum atomic E-state index is 13.6. The van der Waals surface area contributed by atoms with Crippen LogP contribution in [0.5, 0.6) is 0 Å². The van der Waals surface area contributed by atoms with E-state index in [1.807, 2.05) is 10.9 Å². The van der Waals surface area contributed by atoms with E-state index in [1.165, 1.54) is 18.9 Å². The second-order valence-corrected chi connectivity index (χ2v) is 5.45. The van der Waals surface area contributed by atoms with Crippen molar-refractivity contribution in [2.75, 3.05) is 0 Å². The quantitative estimate of drug-likeness (QED) is 0.805. The van der Waals surface area contributed by atoms with Gasteiger partial charge >= 0.3 is 0 Å². The standard InChI is InChI=1S/C16H16F2N2O/c17-11-5-6-14(15(18)9-11)16(21)10-12-7-8-20(19-12)13-3-1-2-4-13/h5-9,13H,1-4,10H2. The summed E-state index contributed by atoms with van der Waals surface area (Å²) in [5.74, 6) is -1.89. The minimum Gasteiger partial charge on any atom is -0.294 e. The smallest absolute Gasteiger partial charge is 0.171 e. The molecule has 0 aliphatic heterocycles. The summed E-state index contributed by atoms with van der Waals surface area (Å²) in [7, 11) is 0. The van der Waals surface area contributed by atoms with Gasteiger partial charge in [-0.3, -0.25) is 9.48 Å². The molecule has 0 unspecified atom stereocenters. The maximum Gasteiger partial charge on any atom is 0.171 e. The average molecular weight is 290 g/mol. The van der Waals surface area contributed by atoms with Gasteiger partial charge in [0.25, 0.3) is 0 Å². The highest BCUT2D eigenvalue weighted by atomic mass is 19.1. The molecule has 1 aromatic heterocycles. The number of hydrogen-bond donors (Lipinski definition) is 0. The SMILES string of the molecule is O=C(Cc1ccn(C2CCCC2)n1)c1ccc(F)cc1F. The van der Waals surface area contributed by atoms with Crippen LogP contribution in [0.4, 0.5) is 8.78 Å². The summed E-state index contributed by atoms with van der Waals surface area (Å²) >= 11 is 0. The Labute approximate surface area is 121 Å². The third-order valence-electron chi connectivity index (χ3n) is 3.94. The lowest BCUT2D eigenvalue weighted by atomic mass is 10.1. The van der Waals surface area contributed by atoms with Crippen molar-refractivity contribution in [1.29, 1.82) is 0 Å². The van der Waals surface area contributed by atoms with Crippen molar-refractivity contribution in [2.24, 2.45) is 0 Å². The largest absolute Gasteiger partial charge is 0.294 e. The molecule has 1 heterocycles. The van der Waals surface area contributed by atoms with Gasteiger partial charge < -0.3 is 0 Å². The van der Waals surface area contributed by atoms with Crippen LogP contribution < -0.4 is 0 Å². The van der Waals surface area contributed by atoms with Crippen LogP contribution in [-0.2, 0) is 6.42 Å². The molecule has 5 heteroatoms. The van der Waals surface area contributed by atoms with Crippen LogP contribution in [-0.4, -0.2) is 15.6 Å². The Bertz CT molecular complexity index is 660. The van der Waals surface area contributed by atoms with Crippen LogP contribution in [0.25, 0.3) is 0 Å². The van der Waals surface area contributed by atoms with E-state index in [-0.39, 0.29) is 17.8 Å². The van der Waals surface area contributed by atoms with Crippen LogP contribution in [0, 0.1) is 11.6 Å². The molecule has 1 saturated carbocycles. The van der Waals surface area contributed by atoms with Gasteiger partial charge in [-0.05, 0) is 31.0 Å². The number of carbonyl (C=O) groups excluding carboxylic acids is 1. The summed E-state index contributed by atoms with van der Waals surface area (Å²) in [6, 6.07) is 5.20. The molecule has 0 saturated heterocycles. The Morgan fingerprint density at radius 1 is 1.24 bits per heavy atom. The minimum atomic E-state index is -0.824. The summed E-state index contributed by atoms with van der Waals surface area (Å²) in [5, 5.41) is 4.40. The van der Waals surface area contributed by atoms with Crippen LogP contribution in [0.2, 0.25) is 0 Å². The zero-order valence-electron chi connectivity index (χ0n) is 11.6. The van der Waals surface area contributed by atoms with Crippen molar-refractivity contribution in [3.63, 3.8) is 0 Å². The highest BCUT2D eigenvalue weighted by Gasteiger charge is 2.19. The summed E-state index contributed by atoms with van der Waals surface area (Å²) in [4.78, 5) is 12.1. The Kier molecular flexibility index (Phi) is 3.82. The third-order valence-corrected chi connectivity index (χ3v) is 3.94. The van der Waals surface area contributed by atoms with Crippen molar-refractivity contribution in [1.82, 2.24) is 9.78 Å². The zero-order chi connectivity index (χ0) is 14.8. The first kappa shape index (κ1) is 13.9. The molecule has 1 aromatic carbocycles. The molecule has 21 heavy (non-hydrogen) atoms. The van der Waals surface area contributed by atoms with E-state index < -0.39 is 11.6 Å². The normalized spacial score (nSPS) is 15.5. The molecule has 110 valence electrons. The first-order chi connectivity index (χ1) is 10.1. The molecular formula is C16H16F2N2O. The average Bonchev–Trinajstić information content (AvgIpc) is 3.08. The Hall–Kier alpha value is -2.04. The summed E-state index contributed by atoms with van der Waals surface area (Å²) in [5.41, 5.74) is 0.530. The number of nitrogens with zero attached hydrogens (tertiary/aromatic N) is 2. The molecule has 0 atom stereocenters. The second-order valence-electron chi connectivity index (χ2n) is 5.45. The lowest BCUT2D eigenvalue weighted by molar-refractivity contribution is 0.0987. The topological polar surface area (TPSA) is 34.9 Å². The van der Waals surface area contributed by atoms with Gasteiger partial charge in [-0.1, -0.05) is 12.8 Å². The van der Waals surface area contributed by atoms with Gasteiger partial charge in [0.1, 0.15) is 11.6 Å². The van der Waals surface area contributed by atoms with Crippen molar-refractivity contribution >= 4 is 5.78 Å². The number of aromatic nitrogens is 2. The lowest BCUT2D eigenvalue weighted by Crippen LogP contribution is -2.09. The monoisotopic (exact) mass is 290 g/mol.